The zero-order valence-corrected chi connectivity index (χ0v) is 30.8. The topological polar surface area (TPSA) is 123 Å². The van der Waals surface area contributed by atoms with Crippen LogP contribution < -0.4 is 16.0 Å². The van der Waals surface area contributed by atoms with Crippen LogP contribution in [0.2, 0.25) is 0 Å². The quantitative estimate of drug-likeness (QED) is 0.0511. The van der Waals surface area contributed by atoms with E-state index in [9.17, 15) is 9.59 Å². The lowest BCUT2D eigenvalue weighted by molar-refractivity contribution is -0.145. The summed E-state index contributed by atoms with van der Waals surface area (Å²) in [6.07, 6.45) is 3.04. The molecule has 2 amide bonds. The van der Waals surface area contributed by atoms with Crippen LogP contribution in [-0.2, 0) is 21.6 Å². The smallest absolute Gasteiger partial charge is 0.324 e. The van der Waals surface area contributed by atoms with Crippen LogP contribution in [0.3, 0.4) is 0 Å². The van der Waals surface area contributed by atoms with Crippen LogP contribution in [0.25, 0.3) is 22.5 Å². The monoisotopic (exact) mass is 721 g/mol. The van der Waals surface area contributed by atoms with E-state index < -0.39 is 17.6 Å². The molecule has 1 unspecified atom stereocenters. The van der Waals surface area contributed by atoms with Gasteiger partial charge in [-0.05, 0) is 57.2 Å². The molecule has 5 aromatic carbocycles. The van der Waals surface area contributed by atoms with Crippen LogP contribution in [0.15, 0.2) is 140 Å². The summed E-state index contributed by atoms with van der Waals surface area (Å²) in [5.74, 6) is 0.205. The molecule has 276 valence electrons. The van der Waals surface area contributed by atoms with Gasteiger partial charge in [0.15, 0.2) is 5.82 Å². The minimum Gasteiger partial charge on any atom is -0.465 e. The number of tetrazole rings is 1. The van der Waals surface area contributed by atoms with Crippen molar-refractivity contribution in [3.8, 4) is 22.5 Å². The number of amides is 2. The molecule has 10 nitrogen and oxygen atoms in total. The van der Waals surface area contributed by atoms with E-state index in [1.165, 1.54) is 0 Å². The largest absolute Gasteiger partial charge is 0.465 e. The fourth-order valence-corrected chi connectivity index (χ4v) is 6.77. The Bertz CT molecular complexity index is 1970. The van der Waals surface area contributed by atoms with E-state index in [0.717, 1.165) is 58.2 Å². The standard InChI is InChI=1S/C44H47N7O3/c1-3-5-17-30-45-43(53)47-32-40(42(52)54-4-2)46-31-33-26-28-34(29-27-33)38-24-15-16-25-39(38)41-48-49-50-51(41)44(35-18-9-6-10-19-35,36-20-11-7-12-21-36)37-22-13-8-14-23-37/h6-16,18-29,40,46H,3-5,17,30-32H2,1-2H3,(H2,45,47,53). The van der Waals surface area contributed by atoms with E-state index in [0.29, 0.717) is 18.9 Å². The number of hydrogen-bond donors (Lipinski definition) is 3. The summed E-state index contributed by atoms with van der Waals surface area (Å²) < 4.78 is 7.23. The summed E-state index contributed by atoms with van der Waals surface area (Å²) in [4.78, 5) is 25.1. The molecule has 6 rings (SSSR count). The lowest BCUT2D eigenvalue weighted by Gasteiger charge is -2.36. The van der Waals surface area contributed by atoms with Crippen molar-refractivity contribution in [2.45, 2.75) is 51.2 Å². The molecule has 10 heteroatoms. The number of rotatable bonds is 17. The Morgan fingerprint density at radius 1 is 0.704 bits per heavy atom. The van der Waals surface area contributed by atoms with Gasteiger partial charge in [0.2, 0.25) is 0 Å². The van der Waals surface area contributed by atoms with E-state index >= 15 is 0 Å². The maximum absolute atomic E-state index is 12.8. The second kappa shape index (κ2) is 18.6. The van der Waals surface area contributed by atoms with Gasteiger partial charge in [-0.15, -0.1) is 5.10 Å². The van der Waals surface area contributed by atoms with E-state index in [2.05, 4.69) is 93.8 Å². The molecule has 0 bridgehead atoms. The number of unbranched alkanes of at least 4 members (excludes halogenated alkanes) is 2. The number of esters is 1. The molecule has 0 spiro atoms. The second-order valence-electron chi connectivity index (χ2n) is 13.0. The van der Waals surface area contributed by atoms with Crippen molar-refractivity contribution in [3.05, 3.63) is 162 Å². The minimum atomic E-state index is -0.884. The van der Waals surface area contributed by atoms with E-state index in [4.69, 9.17) is 9.95 Å². The molecule has 0 saturated carbocycles. The number of urea groups is 1. The van der Waals surface area contributed by atoms with Crippen LogP contribution in [0.5, 0.6) is 0 Å². The maximum Gasteiger partial charge on any atom is 0.324 e. The van der Waals surface area contributed by atoms with Gasteiger partial charge in [0.1, 0.15) is 11.6 Å². The Kier molecular flexibility index (Phi) is 12.9. The highest BCUT2D eigenvalue weighted by molar-refractivity contribution is 5.81. The number of carbonyl (C=O) groups is 2. The average Bonchev–Trinajstić information content (AvgIpc) is 3.71. The number of carbonyl (C=O) groups excluding carboxylic acids is 2. The van der Waals surface area contributed by atoms with Gasteiger partial charge in [-0.2, -0.15) is 0 Å². The first kappa shape index (κ1) is 37.6. The first-order valence-corrected chi connectivity index (χ1v) is 18.6. The Morgan fingerprint density at radius 3 is 1.85 bits per heavy atom. The van der Waals surface area contributed by atoms with Crippen molar-refractivity contribution in [2.75, 3.05) is 19.7 Å². The minimum absolute atomic E-state index is 0.106. The molecule has 6 aromatic rings. The van der Waals surface area contributed by atoms with E-state index in [1.54, 1.807) is 6.92 Å². The van der Waals surface area contributed by atoms with Gasteiger partial charge in [0.25, 0.3) is 0 Å². The number of hydrogen-bond acceptors (Lipinski definition) is 7. The fraction of sp³-hybridized carbons (Fsp3) is 0.250. The van der Waals surface area contributed by atoms with Crippen molar-refractivity contribution < 1.29 is 14.3 Å². The maximum atomic E-state index is 12.8. The molecule has 0 fully saturated rings. The lowest BCUT2D eigenvalue weighted by Crippen LogP contribution is -2.48. The van der Waals surface area contributed by atoms with Crippen molar-refractivity contribution in [3.63, 3.8) is 0 Å². The average molecular weight is 722 g/mol. The third-order valence-corrected chi connectivity index (χ3v) is 9.45. The van der Waals surface area contributed by atoms with Crippen LogP contribution in [0, 0.1) is 0 Å². The molecule has 0 aliphatic rings. The zero-order chi connectivity index (χ0) is 37.6. The first-order valence-electron chi connectivity index (χ1n) is 18.6. The number of aromatic nitrogens is 4. The van der Waals surface area contributed by atoms with Gasteiger partial charge in [-0.1, -0.05) is 159 Å². The molecule has 0 aliphatic heterocycles. The molecular weight excluding hydrogens is 675 g/mol. The Hall–Kier alpha value is -6.13. The summed E-state index contributed by atoms with van der Waals surface area (Å²) in [5, 5.41) is 22.6. The number of ether oxygens (including phenoxy) is 1. The molecule has 1 aromatic heterocycles. The summed E-state index contributed by atoms with van der Waals surface area (Å²) in [6, 6.07) is 46.3. The van der Waals surface area contributed by atoms with Crippen LogP contribution in [0.4, 0.5) is 4.79 Å². The molecule has 0 radical (unpaired) electrons. The predicted octanol–water partition coefficient (Wildman–Crippen LogP) is 7.36. The lowest BCUT2D eigenvalue weighted by atomic mass is 9.77. The van der Waals surface area contributed by atoms with Gasteiger partial charge >= 0.3 is 12.0 Å². The molecule has 1 atom stereocenters. The Labute approximate surface area is 317 Å². The van der Waals surface area contributed by atoms with Crippen LogP contribution in [0.1, 0.15) is 55.4 Å². The van der Waals surface area contributed by atoms with Crippen molar-refractivity contribution in [1.82, 2.24) is 36.2 Å². The summed E-state index contributed by atoms with van der Waals surface area (Å²) >= 11 is 0. The van der Waals surface area contributed by atoms with Crippen molar-refractivity contribution >= 4 is 12.0 Å². The first-order chi connectivity index (χ1) is 26.6. The molecule has 54 heavy (non-hydrogen) atoms. The number of benzene rings is 5. The number of nitrogens with one attached hydrogen (secondary N) is 3. The third kappa shape index (κ3) is 8.56. The van der Waals surface area contributed by atoms with Crippen molar-refractivity contribution in [1.29, 1.82) is 0 Å². The molecular formula is C44H47N7O3. The van der Waals surface area contributed by atoms with Gasteiger partial charge in [-0.25, -0.2) is 9.48 Å². The van der Waals surface area contributed by atoms with E-state index in [1.807, 2.05) is 83.5 Å². The van der Waals surface area contributed by atoms with Gasteiger partial charge < -0.3 is 15.4 Å². The molecule has 0 saturated heterocycles. The van der Waals surface area contributed by atoms with Crippen molar-refractivity contribution in [2.24, 2.45) is 0 Å². The fourth-order valence-electron chi connectivity index (χ4n) is 6.77. The molecule has 3 N–H and O–H groups in total. The highest BCUT2D eigenvalue weighted by Gasteiger charge is 2.42. The normalized spacial score (nSPS) is 11.8. The zero-order valence-electron chi connectivity index (χ0n) is 30.8. The van der Waals surface area contributed by atoms with Gasteiger partial charge in [-0.3, -0.25) is 10.1 Å². The van der Waals surface area contributed by atoms with E-state index in [-0.39, 0.29) is 19.2 Å². The van der Waals surface area contributed by atoms with Gasteiger partial charge in [0, 0.05) is 25.2 Å². The summed E-state index contributed by atoms with van der Waals surface area (Å²) in [6.45, 7) is 5.23. The highest BCUT2D eigenvalue weighted by atomic mass is 16.5. The predicted molar refractivity (Wildman–Crippen MR) is 211 cm³/mol. The second-order valence-corrected chi connectivity index (χ2v) is 13.0. The molecule has 0 aliphatic carbocycles. The summed E-state index contributed by atoms with van der Waals surface area (Å²) in [7, 11) is 0. The summed E-state index contributed by atoms with van der Waals surface area (Å²) in [5.41, 5.74) is 5.98. The Morgan fingerprint density at radius 2 is 1.28 bits per heavy atom. The SMILES string of the molecule is CCCCCNC(=O)NCC(NCc1ccc(-c2ccccc2-c2nnnn2C(c2ccccc2)(c2ccccc2)c2ccccc2)cc1)C(=O)OCC. The van der Waals surface area contributed by atoms with Gasteiger partial charge in [0.05, 0.1) is 6.61 Å². The number of nitrogens with zero attached hydrogens (tertiary/aromatic N) is 4. The highest BCUT2D eigenvalue weighted by Crippen LogP contribution is 2.43. The Balaban J connectivity index is 1.29. The molecule has 1 heterocycles. The third-order valence-electron chi connectivity index (χ3n) is 9.45. The van der Waals surface area contributed by atoms with Crippen LogP contribution >= 0.6 is 0 Å². The van der Waals surface area contributed by atoms with Crippen LogP contribution in [-0.4, -0.2) is 57.9 Å².